The third-order valence-corrected chi connectivity index (χ3v) is 16.7. The first-order valence-corrected chi connectivity index (χ1v) is 31.1. The highest BCUT2D eigenvalue weighted by molar-refractivity contribution is 7.89. The number of fused-ring (bicyclic) bond motifs is 1. The van der Waals surface area contributed by atoms with Crippen molar-refractivity contribution in [3.63, 3.8) is 0 Å². The van der Waals surface area contributed by atoms with Crippen LogP contribution < -0.4 is 42.8 Å². The van der Waals surface area contributed by atoms with Gasteiger partial charge in [-0.25, -0.2) is 31.8 Å². The van der Waals surface area contributed by atoms with Crippen LogP contribution in [0.4, 0.5) is 38.5 Å². The summed E-state index contributed by atoms with van der Waals surface area (Å²) >= 11 is 0. The molecule has 0 unspecified atom stereocenters. The summed E-state index contributed by atoms with van der Waals surface area (Å²) in [6.07, 6.45) is 2.76. The number of sulfonamides is 1. The van der Waals surface area contributed by atoms with Crippen molar-refractivity contribution < 1.29 is 73.8 Å². The number of nitrogens with zero attached hydrogens (tertiary/aromatic N) is 3. The second-order valence-corrected chi connectivity index (χ2v) is 25.7. The molecule has 9 N–H and O–H groups in total. The molecule has 488 valence electrons. The van der Waals surface area contributed by atoms with Crippen molar-refractivity contribution in [2.45, 2.75) is 130 Å². The van der Waals surface area contributed by atoms with E-state index in [4.69, 9.17) is 25.7 Å². The standard InChI is InChI=1S/C63H80F4N10O12S/c1-9-24-76(25-10-2)58(81)43-27-42-19-18-41(29-49(42)73-50(68)30-43)40-13-11-14-45(28-40)90(85,86)77-34-39(35-77)33-71-61(84)87-36-38-16-20-44(21-17-38)72-56(79)48(15-12-23-70-60(69)83)74-57(80)54(37(3)4)75-51(78)32-63(7,8)88-26-22-62(5,6)59(82)89-55-52(66)46(64)31-47(65)53(55)67/h11,13-14,16-21,27-29,31,37,39,48,54H,9-10,12,15,22-26,30,32-36H2,1-8H3,(H2,68,73)(H,71,84)(H,72,79)(H,74,80)(H,75,78)(H3,69,70,83)/t48-,54-/m0/s1. The Morgan fingerprint density at radius 2 is 1.49 bits per heavy atom. The molecule has 7 amide bonds. The summed E-state index contributed by atoms with van der Waals surface area (Å²) in [5.74, 6) is -12.4. The van der Waals surface area contributed by atoms with Crippen LogP contribution in [0.2, 0.25) is 0 Å². The third kappa shape index (κ3) is 19.5. The minimum atomic E-state index is -3.90. The fourth-order valence-electron chi connectivity index (χ4n) is 9.74. The first-order valence-electron chi connectivity index (χ1n) is 29.6. The number of alkyl carbamates (subject to hydrolysis) is 1. The molecule has 6 rings (SSSR count). The number of ether oxygens (including phenoxy) is 3. The van der Waals surface area contributed by atoms with Crippen molar-refractivity contribution in [1.82, 2.24) is 30.5 Å². The molecule has 0 saturated carbocycles. The van der Waals surface area contributed by atoms with Crippen LogP contribution in [0.25, 0.3) is 17.2 Å². The van der Waals surface area contributed by atoms with Gasteiger partial charge in [0.25, 0.3) is 0 Å². The molecule has 2 heterocycles. The van der Waals surface area contributed by atoms with Gasteiger partial charge >= 0.3 is 18.1 Å². The number of carbonyl (C=O) groups is 7. The van der Waals surface area contributed by atoms with Crippen LogP contribution in [0.5, 0.6) is 5.75 Å². The lowest BCUT2D eigenvalue weighted by Gasteiger charge is -2.38. The van der Waals surface area contributed by atoms with Crippen LogP contribution in [0.3, 0.4) is 0 Å². The minimum Gasteiger partial charge on any atom is -0.445 e. The summed E-state index contributed by atoms with van der Waals surface area (Å²) in [6.45, 7) is 14.7. The highest BCUT2D eigenvalue weighted by Crippen LogP contribution is 2.35. The number of primary amides is 1. The molecule has 2 aliphatic rings. The van der Waals surface area contributed by atoms with Crippen molar-refractivity contribution >= 4 is 75.0 Å². The maximum Gasteiger partial charge on any atom is 0.407 e. The monoisotopic (exact) mass is 1280 g/mol. The second-order valence-electron chi connectivity index (χ2n) is 23.8. The van der Waals surface area contributed by atoms with Crippen molar-refractivity contribution in [2.24, 2.45) is 33.7 Å². The first-order chi connectivity index (χ1) is 42.4. The van der Waals surface area contributed by atoms with Gasteiger partial charge in [0, 0.05) is 81.1 Å². The zero-order chi connectivity index (χ0) is 66.3. The number of aliphatic imine (C=N–C) groups is 1. The van der Waals surface area contributed by atoms with Gasteiger partial charge in [-0.05, 0) is 119 Å². The lowest BCUT2D eigenvalue weighted by atomic mass is 9.90. The Hall–Kier alpha value is -8.43. The zero-order valence-corrected chi connectivity index (χ0v) is 52.6. The molecule has 0 aromatic heterocycles. The van der Waals surface area contributed by atoms with Crippen LogP contribution >= 0.6 is 0 Å². The summed E-state index contributed by atoms with van der Waals surface area (Å²) in [4.78, 5) is 98.0. The highest BCUT2D eigenvalue weighted by Gasteiger charge is 2.38. The maximum absolute atomic E-state index is 14.2. The fourth-order valence-corrected chi connectivity index (χ4v) is 11.4. The Balaban J connectivity index is 0.958. The van der Waals surface area contributed by atoms with Crippen molar-refractivity contribution in [2.75, 3.05) is 51.2 Å². The number of benzene rings is 4. The number of anilines is 1. The van der Waals surface area contributed by atoms with Gasteiger partial charge in [-0.2, -0.15) is 13.1 Å². The SMILES string of the molecule is CCCN(CCC)C(=O)C1=Cc2ccc(-c3cccc(S(=O)(=O)N4CC(CNC(=O)OCc5ccc(NC(=O)[C@H](CCCNC(N)=O)NC(=O)[C@@H](NC(=O)CC(C)(C)OCCC(C)(C)C(=O)Oc6c(F)c(F)cc(F)c6F)C(C)C)cc5)C4)c3)cc2N=C(N)C1. The number of esters is 1. The summed E-state index contributed by atoms with van der Waals surface area (Å²) in [5, 5.41) is 13.2. The molecule has 0 aliphatic carbocycles. The van der Waals surface area contributed by atoms with Gasteiger partial charge in [0.1, 0.15) is 24.5 Å². The smallest absolute Gasteiger partial charge is 0.407 e. The molecule has 4 aromatic carbocycles. The summed E-state index contributed by atoms with van der Waals surface area (Å²) in [5.41, 5.74) is 12.9. The molecular weight excluding hydrogens is 1200 g/mol. The van der Waals surface area contributed by atoms with Crippen LogP contribution in [0.15, 0.2) is 88.3 Å². The predicted molar refractivity (Wildman–Crippen MR) is 329 cm³/mol. The average Bonchev–Trinajstić information content (AvgIpc) is 1.21. The predicted octanol–water partition coefficient (Wildman–Crippen LogP) is 8.10. The number of nitrogens with two attached hydrogens (primary N) is 2. The molecule has 0 radical (unpaired) electrons. The number of urea groups is 1. The summed E-state index contributed by atoms with van der Waals surface area (Å²) in [6, 6.07) is 15.3. The van der Waals surface area contributed by atoms with Crippen LogP contribution in [0, 0.1) is 40.5 Å². The Bertz CT molecular complexity index is 3440. The lowest BCUT2D eigenvalue weighted by Crippen LogP contribution is -2.55. The quantitative estimate of drug-likeness (QED) is 0.00854. The summed E-state index contributed by atoms with van der Waals surface area (Å²) in [7, 11) is -3.90. The molecule has 22 nitrogen and oxygen atoms in total. The topological polar surface area (TPSA) is 312 Å². The normalized spacial score (nSPS) is 14.3. The highest BCUT2D eigenvalue weighted by atomic mass is 32.2. The molecule has 2 aliphatic heterocycles. The van der Waals surface area contributed by atoms with Gasteiger partial charge in [0.15, 0.2) is 11.6 Å². The van der Waals surface area contributed by atoms with Gasteiger partial charge in [0.05, 0.1) is 28.0 Å². The number of halogens is 4. The van der Waals surface area contributed by atoms with E-state index >= 15 is 0 Å². The Morgan fingerprint density at radius 1 is 0.833 bits per heavy atom. The van der Waals surface area contributed by atoms with Gasteiger partial charge < -0.3 is 57.2 Å². The lowest BCUT2D eigenvalue weighted by molar-refractivity contribution is -0.147. The summed E-state index contributed by atoms with van der Waals surface area (Å²) < 4.78 is 101. The average molecular weight is 1280 g/mol. The van der Waals surface area contributed by atoms with Crippen molar-refractivity contribution in [3.8, 4) is 16.9 Å². The van der Waals surface area contributed by atoms with E-state index in [0.717, 1.165) is 18.4 Å². The third-order valence-electron chi connectivity index (χ3n) is 14.9. The number of hydrogen-bond acceptors (Lipinski definition) is 14. The van der Waals surface area contributed by atoms with Crippen molar-refractivity contribution in [1.29, 1.82) is 0 Å². The fraction of sp³-hybridized carbons (Fsp3) is 0.460. The largest absolute Gasteiger partial charge is 0.445 e. The minimum absolute atomic E-state index is 0.0216. The molecule has 1 saturated heterocycles. The molecule has 27 heteroatoms. The van der Waals surface area contributed by atoms with E-state index in [2.05, 4.69) is 31.6 Å². The molecule has 0 bridgehead atoms. The van der Waals surface area contributed by atoms with Crippen LogP contribution in [0.1, 0.15) is 111 Å². The molecule has 90 heavy (non-hydrogen) atoms. The number of nitrogens with one attached hydrogen (secondary N) is 5. The van der Waals surface area contributed by atoms with Gasteiger partial charge in [0.2, 0.25) is 51.0 Å². The molecule has 0 spiro atoms. The first kappa shape index (κ1) is 70.7. The van der Waals surface area contributed by atoms with E-state index < -0.39 is 104 Å². The van der Waals surface area contributed by atoms with E-state index in [1.807, 2.05) is 43.0 Å². The molecule has 2 atom stereocenters. The van der Waals surface area contributed by atoms with E-state index in [-0.39, 0.29) is 94.3 Å². The van der Waals surface area contributed by atoms with Crippen molar-refractivity contribution in [3.05, 3.63) is 113 Å². The van der Waals surface area contributed by atoms with Gasteiger partial charge in [-0.1, -0.05) is 64.1 Å². The Labute approximate surface area is 521 Å². The second kappa shape index (κ2) is 31.3. The number of amidine groups is 1. The number of rotatable bonds is 30. The number of carbonyl (C=O) groups excluding carboxylic acids is 7. The molecule has 4 aromatic rings. The molecule has 1 fully saturated rings. The van der Waals surface area contributed by atoms with Gasteiger partial charge in [-0.3, -0.25) is 24.0 Å². The van der Waals surface area contributed by atoms with E-state index in [1.165, 1.54) is 24.2 Å². The van der Waals surface area contributed by atoms with Crippen LogP contribution in [-0.2, 0) is 50.1 Å². The molecular formula is C63H80F4N10O12S. The maximum atomic E-state index is 14.2. The Morgan fingerprint density at radius 3 is 2.12 bits per heavy atom. The van der Waals surface area contributed by atoms with E-state index in [0.29, 0.717) is 52.6 Å². The van der Waals surface area contributed by atoms with E-state index in [1.54, 1.807) is 70.2 Å². The number of hydrogen-bond donors (Lipinski definition) is 7. The van der Waals surface area contributed by atoms with Crippen LogP contribution in [-0.4, -0.2) is 129 Å². The van der Waals surface area contributed by atoms with Gasteiger partial charge in [-0.15, -0.1) is 0 Å². The number of amides is 7. The Kier molecular flexibility index (Phi) is 24.6. The van der Waals surface area contributed by atoms with E-state index in [9.17, 15) is 59.5 Å². The zero-order valence-electron chi connectivity index (χ0n) is 51.7.